The van der Waals surface area contributed by atoms with E-state index in [9.17, 15) is 13.2 Å². The van der Waals surface area contributed by atoms with Gasteiger partial charge in [0.05, 0.1) is 4.90 Å². The second-order valence-corrected chi connectivity index (χ2v) is 3.93. The molecule has 0 spiro atoms. The quantitative estimate of drug-likeness (QED) is 0.760. The van der Waals surface area contributed by atoms with Crippen LogP contribution in [0, 0.1) is 0 Å². The van der Waals surface area contributed by atoms with E-state index in [0.29, 0.717) is 0 Å². The van der Waals surface area contributed by atoms with Crippen molar-refractivity contribution in [2.24, 2.45) is 0 Å². The van der Waals surface area contributed by atoms with Crippen LogP contribution in [0.2, 0.25) is 0 Å². The van der Waals surface area contributed by atoms with Crippen LogP contribution in [-0.4, -0.2) is 14.3 Å². The Hall–Kier alpha value is -1.36. The standard InChI is InChI=1S/C8H9NO3S/c1-7(10)9-13(11,12)8-5-3-2-4-6-8/h2-6H,1H3,(H,9,10)/i1D3. The zero-order valence-electron chi connectivity index (χ0n) is 9.52. The van der Waals surface area contributed by atoms with Crippen LogP contribution >= 0.6 is 0 Å². The van der Waals surface area contributed by atoms with E-state index in [2.05, 4.69) is 0 Å². The first-order valence-electron chi connectivity index (χ1n) is 4.86. The molecule has 0 atom stereocenters. The Bertz CT molecular complexity index is 481. The number of sulfonamides is 1. The number of hydrogen-bond acceptors (Lipinski definition) is 3. The second kappa shape index (κ2) is 3.57. The van der Waals surface area contributed by atoms with Crippen molar-refractivity contribution in [3.05, 3.63) is 30.3 Å². The molecular formula is C8H9NO3S. The highest BCUT2D eigenvalue weighted by Gasteiger charge is 2.13. The molecule has 70 valence electrons. The van der Waals surface area contributed by atoms with Crippen molar-refractivity contribution in [2.45, 2.75) is 11.7 Å². The largest absolute Gasteiger partial charge is 0.274 e. The maximum atomic E-state index is 11.5. The fourth-order valence-electron chi connectivity index (χ4n) is 0.781. The molecule has 4 nitrogen and oxygen atoms in total. The Balaban J connectivity index is 2.95. The average Bonchev–Trinajstić information content (AvgIpc) is 2.17. The van der Waals surface area contributed by atoms with Crippen LogP contribution in [0.15, 0.2) is 35.2 Å². The van der Waals surface area contributed by atoms with Gasteiger partial charge < -0.3 is 0 Å². The third kappa shape index (κ3) is 2.55. The van der Waals surface area contributed by atoms with E-state index >= 15 is 0 Å². The van der Waals surface area contributed by atoms with Crippen LogP contribution in [0.4, 0.5) is 0 Å². The van der Waals surface area contributed by atoms with Crippen LogP contribution in [0.3, 0.4) is 0 Å². The van der Waals surface area contributed by atoms with Crippen molar-refractivity contribution in [2.75, 3.05) is 0 Å². The first kappa shape index (κ1) is 6.15. The smallest absolute Gasteiger partial charge is 0.264 e. The molecule has 1 aromatic carbocycles. The molecule has 1 amide bonds. The van der Waals surface area contributed by atoms with Crippen LogP contribution in [0.25, 0.3) is 0 Å². The Kier molecular flexibility index (Phi) is 1.69. The van der Waals surface area contributed by atoms with Crippen molar-refractivity contribution >= 4 is 15.9 Å². The van der Waals surface area contributed by atoms with Gasteiger partial charge in [-0.25, -0.2) is 13.1 Å². The average molecular weight is 202 g/mol. The van der Waals surface area contributed by atoms with Gasteiger partial charge in [0.1, 0.15) is 0 Å². The lowest BCUT2D eigenvalue weighted by Gasteiger charge is -2.02. The molecule has 1 rings (SSSR count). The Labute approximate surface area is 80.8 Å². The molecular weight excluding hydrogens is 190 g/mol. The predicted octanol–water partition coefficient (Wildman–Crippen LogP) is 0.511. The predicted molar refractivity (Wildman–Crippen MR) is 47.4 cm³/mol. The zero-order chi connectivity index (χ0) is 12.4. The van der Waals surface area contributed by atoms with Gasteiger partial charge in [-0.05, 0) is 12.1 Å². The SMILES string of the molecule is [2H]C([2H])([2H])C(=O)NS(=O)(=O)c1ccccc1. The van der Waals surface area contributed by atoms with Gasteiger partial charge in [0.15, 0.2) is 0 Å². The summed E-state index contributed by atoms with van der Waals surface area (Å²) in [7, 11) is -4.10. The zero-order valence-corrected chi connectivity index (χ0v) is 7.34. The molecule has 1 N–H and O–H groups in total. The highest BCUT2D eigenvalue weighted by Crippen LogP contribution is 2.06. The Morgan fingerprint density at radius 2 is 2.00 bits per heavy atom. The first-order chi connectivity index (χ1) is 7.23. The first-order valence-corrected chi connectivity index (χ1v) is 4.84. The van der Waals surface area contributed by atoms with Gasteiger partial charge in [-0.15, -0.1) is 0 Å². The summed E-state index contributed by atoms with van der Waals surface area (Å²) in [5, 5.41) is 0. The molecule has 0 heterocycles. The number of rotatable bonds is 2. The van der Waals surface area contributed by atoms with Crippen molar-refractivity contribution in [1.82, 2.24) is 4.72 Å². The van der Waals surface area contributed by atoms with E-state index in [0.717, 1.165) is 0 Å². The number of amides is 1. The molecule has 0 saturated carbocycles. The number of nitrogens with one attached hydrogen (secondary N) is 1. The molecule has 0 bridgehead atoms. The summed E-state index contributed by atoms with van der Waals surface area (Å²) in [6, 6.07) is 7.05. The normalized spacial score (nSPS) is 15.2. The summed E-state index contributed by atoms with van der Waals surface area (Å²) in [6.45, 7) is -2.98. The summed E-state index contributed by atoms with van der Waals surface area (Å²) in [5.74, 6) is -1.52. The number of carbonyl (C=O) groups excluding carboxylic acids is 1. The van der Waals surface area contributed by atoms with E-state index in [1.54, 1.807) is 6.07 Å². The monoisotopic (exact) mass is 202 g/mol. The summed E-state index contributed by atoms with van der Waals surface area (Å²) in [5.41, 5.74) is 0. The molecule has 0 aromatic heterocycles. The number of benzene rings is 1. The van der Waals surface area contributed by atoms with Crippen molar-refractivity contribution in [1.29, 1.82) is 0 Å². The summed E-state index contributed by atoms with van der Waals surface area (Å²) >= 11 is 0. The topological polar surface area (TPSA) is 63.2 Å². The third-order valence-electron chi connectivity index (χ3n) is 1.28. The van der Waals surface area contributed by atoms with Gasteiger partial charge >= 0.3 is 0 Å². The number of hydrogen-bond donors (Lipinski definition) is 1. The van der Waals surface area contributed by atoms with E-state index in [-0.39, 0.29) is 4.90 Å². The van der Waals surface area contributed by atoms with Crippen molar-refractivity contribution in [3.8, 4) is 0 Å². The van der Waals surface area contributed by atoms with Gasteiger partial charge in [-0.1, -0.05) is 18.2 Å². The van der Waals surface area contributed by atoms with Crippen LogP contribution in [0.5, 0.6) is 0 Å². The van der Waals surface area contributed by atoms with Gasteiger partial charge in [-0.2, -0.15) is 0 Å². The maximum absolute atomic E-state index is 11.5. The van der Waals surface area contributed by atoms with Gasteiger partial charge in [0.2, 0.25) is 5.91 Å². The molecule has 0 aliphatic rings. The lowest BCUT2D eigenvalue weighted by Crippen LogP contribution is -2.27. The fraction of sp³-hybridized carbons (Fsp3) is 0.125. The van der Waals surface area contributed by atoms with Crippen LogP contribution in [-0.2, 0) is 14.8 Å². The van der Waals surface area contributed by atoms with E-state index < -0.39 is 22.8 Å². The molecule has 13 heavy (non-hydrogen) atoms. The molecule has 1 aromatic rings. The third-order valence-corrected chi connectivity index (χ3v) is 2.63. The highest BCUT2D eigenvalue weighted by atomic mass is 32.2. The molecule has 0 unspecified atom stereocenters. The molecule has 0 saturated heterocycles. The molecule has 0 aliphatic carbocycles. The number of carbonyl (C=O) groups is 1. The van der Waals surface area contributed by atoms with Gasteiger partial charge in [0.25, 0.3) is 10.0 Å². The molecule has 0 radical (unpaired) electrons. The molecule has 0 fully saturated rings. The van der Waals surface area contributed by atoms with Crippen LogP contribution < -0.4 is 4.72 Å². The fourth-order valence-corrected chi connectivity index (χ4v) is 1.66. The Morgan fingerprint density at radius 3 is 2.54 bits per heavy atom. The van der Waals surface area contributed by atoms with Crippen LogP contribution in [0.1, 0.15) is 11.0 Å². The highest BCUT2D eigenvalue weighted by molar-refractivity contribution is 7.90. The van der Waals surface area contributed by atoms with Gasteiger partial charge in [0, 0.05) is 11.0 Å². The van der Waals surface area contributed by atoms with E-state index in [1.165, 1.54) is 29.0 Å². The lowest BCUT2D eigenvalue weighted by molar-refractivity contribution is -0.117. The van der Waals surface area contributed by atoms with Gasteiger partial charge in [-0.3, -0.25) is 4.79 Å². The molecule has 5 heteroatoms. The minimum absolute atomic E-state index is 0.160. The minimum Gasteiger partial charge on any atom is -0.274 e. The molecule has 0 aliphatic heterocycles. The Morgan fingerprint density at radius 1 is 1.38 bits per heavy atom. The maximum Gasteiger partial charge on any atom is 0.264 e. The van der Waals surface area contributed by atoms with Crippen molar-refractivity contribution in [3.63, 3.8) is 0 Å². The summed E-state index contributed by atoms with van der Waals surface area (Å²) in [4.78, 5) is 10.8. The summed E-state index contributed by atoms with van der Waals surface area (Å²) < 4.78 is 44.7. The van der Waals surface area contributed by atoms with E-state index in [1.807, 2.05) is 0 Å². The van der Waals surface area contributed by atoms with Crippen molar-refractivity contribution < 1.29 is 17.3 Å². The minimum atomic E-state index is -4.10. The lowest BCUT2D eigenvalue weighted by atomic mass is 10.4. The summed E-state index contributed by atoms with van der Waals surface area (Å²) in [6.07, 6.45) is 0. The van der Waals surface area contributed by atoms with E-state index in [4.69, 9.17) is 4.11 Å². The second-order valence-electron chi connectivity index (χ2n) is 2.25.